The largest absolute Gasteiger partial charge is 0.372 e. The zero-order valence-corrected chi connectivity index (χ0v) is 16.0. The van der Waals surface area contributed by atoms with Gasteiger partial charge in [0.15, 0.2) is 0 Å². The summed E-state index contributed by atoms with van der Waals surface area (Å²) in [6.45, 7) is 6.34. The molecular formula is C20H27N5O2. The summed E-state index contributed by atoms with van der Waals surface area (Å²) in [7, 11) is 2.00. The second-order valence-corrected chi connectivity index (χ2v) is 7.73. The SMILES string of the molecule is Cc1cc(CN2CC3(C2)OCC[C@H]3CCNC(=O)c2cccnc2)n(C)n1. The summed E-state index contributed by atoms with van der Waals surface area (Å²) in [5.41, 5.74) is 2.87. The predicted octanol–water partition coefficient (Wildman–Crippen LogP) is 1.53. The summed E-state index contributed by atoms with van der Waals surface area (Å²) in [4.78, 5) is 18.6. The molecule has 144 valence electrons. The Kier molecular flexibility index (Phi) is 4.97. The van der Waals surface area contributed by atoms with Gasteiger partial charge in [0, 0.05) is 52.2 Å². The topological polar surface area (TPSA) is 72.3 Å². The number of hydrogen-bond acceptors (Lipinski definition) is 5. The van der Waals surface area contributed by atoms with E-state index >= 15 is 0 Å². The second-order valence-electron chi connectivity index (χ2n) is 7.73. The first-order valence-electron chi connectivity index (χ1n) is 9.60. The Hall–Kier alpha value is -2.25. The molecule has 4 rings (SSSR count). The molecule has 0 unspecified atom stereocenters. The van der Waals surface area contributed by atoms with Crippen LogP contribution < -0.4 is 5.32 Å². The van der Waals surface area contributed by atoms with Crippen molar-refractivity contribution in [2.24, 2.45) is 13.0 Å². The van der Waals surface area contributed by atoms with E-state index in [0.29, 0.717) is 18.0 Å². The number of amides is 1. The maximum Gasteiger partial charge on any atom is 0.252 e. The summed E-state index contributed by atoms with van der Waals surface area (Å²) in [5.74, 6) is 0.439. The van der Waals surface area contributed by atoms with E-state index in [1.807, 2.05) is 18.7 Å². The van der Waals surface area contributed by atoms with E-state index in [1.54, 1.807) is 24.5 Å². The van der Waals surface area contributed by atoms with Gasteiger partial charge in [0.25, 0.3) is 5.91 Å². The molecule has 7 heteroatoms. The lowest BCUT2D eigenvalue weighted by Crippen LogP contribution is -2.64. The number of carbonyl (C=O) groups excluding carboxylic acids is 1. The fourth-order valence-corrected chi connectivity index (χ4v) is 4.37. The molecule has 0 radical (unpaired) electrons. The van der Waals surface area contributed by atoms with Crippen molar-refractivity contribution < 1.29 is 9.53 Å². The van der Waals surface area contributed by atoms with E-state index in [4.69, 9.17) is 4.74 Å². The Morgan fingerprint density at radius 1 is 1.44 bits per heavy atom. The van der Waals surface area contributed by atoms with Crippen molar-refractivity contribution in [2.75, 3.05) is 26.2 Å². The number of hydrogen-bond donors (Lipinski definition) is 1. The number of nitrogens with one attached hydrogen (secondary N) is 1. The van der Waals surface area contributed by atoms with Gasteiger partial charge in [0.05, 0.1) is 22.6 Å². The quantitative estimate of drug-likeness (QED) is 0.836. The lowest BCUT2D eigenvalue weighted by molar-refractivity contribution is -0.137. The number of likely N-dealkylation sites (tertiary alicyclic amines) is 1. The molecule has 0 aromatic carbocycles. The van der Waals surface area contributed by atoms with E-state index in [2.05, 4.69) is 26.4 Å². The average Bonchev–Trinajstić information content (AvgIpc) is 3.18. The van der Waals surface area contributed by atoms with Gasteiger partial charge in [-0.1, -0.05) is 0 Å². The molecule has 2 aromatic heterocycles. The lowest BCUT2D eigenvalue weighted by Gasteiger charge is -2.50. The van der Waals surface area contributed by atoms with Crippen LogP contribution in [0.25, 0.3) is 0 Å². The number of pyridine rings is 1. The molecule has 0 bridgehead atoms. The Labute approximate surface area is 159 Å². The van der Waals surface area contributed by atoms with E-state index in [0.717, 1.165) is 44.8 Å². The molecular weight excluding hydrogens is 342 g/mol. The first-order valence-corrected chi connectivity index (χ1v) is 9.60. The maximum atomic E-state index is 12.2. The third-order valence-corrected chi connectivity index (χ3v) is 5.77. The molecule has 2 aliphatic rings. The summed E-state index contributed by atoms with van der Waals surface area (Å²) >= 11 is 0. The van der Waals surface area contributed by atoms with Crippen molar-refractivity contribution in [1.82, 2.24) is 25.0 Å². The normalized spacial score (nSPS) is 21.3. The minimum atomic E-state index is -0.0575. The fraction of sp³-hybridized carbons (Fsp3) is 0.550. The molecule has 0 saturated carbocycles. The van der Waals surface area contributed by atoms with Crippen LogP contribution >= 0.6 is 0 Å². The van der Waals surface area contributed by atoms with Crippen LogP contribution in [0.15, 0.2) is 30.6 Å². The van der Waals surface area contributed by atoms with Crippen LogP contribution in [0.4, 0.5) is 0 Å². The molecule has 2 aliphatic heterocycles. The van der Waals surface area contributed by atoms with Crippen molar-refractivity contribution in [3.05, 3.63) is 47.5 Å². The minimum absolute atomic E-state index is 0.0351. The molecule has 2 saturated heterocycles. The van der Waals surface area contributed by atoms with Crippen molar-refractivity contribution in [2.45, 2.75) is 31.9 Å². The number of aromatic nitrogens is 3. The summed E-state index contributed by atoms with van der Waals surface area (Å²) in [6, 6.07) is 5.71. The van der Waals surface area contributed by atoms with Crippen molar-refractivity contribution >= 4 is 5.91 Å². The van der Waals surface area contributed by atoms with Gasteiger partial charge in [-0.2, -0.15) is 5.10 Å². The zero-order chi connectivity index (χ0) is 18.9. The van der Waals surface area contributed by atoms with Gasteiger partial charge in [0.1, 0.15) is 0 Å². The third-order valence-electron chi connectivity index (χ3n) is 5.77. The zero-order valence-electron chi connectivity index (χ0n) is 16.0. The summed E-state index contributed by atoms with van der Waals surface area (Å²) in [5, 5.41) is 7.44. The number of carbonyl (C=O) groups is 1. The Bertz CT molecular complexity index is 798. The van der Waals surface area contributed by atoms with Crippen LogP contribution in [0.3, 0.4) is 0 Å². The van der Waals surface area contributed by atoms with Crippen LogP contribution in [0.1, 0.15) is 34.6 Å². The molecule has 1 N–H and O–H groups in total. The predicted molar refractivity (Wildman–Crippen MR) is 101 cm³/mol. The number of nitrogens with zero attached hydrogens (tertiary/aromatic N) is 4. The van der Waals surface area contributed by atoms with Crippen LogP contribution in [0, 0.1) is 12.8 Å². The fourth-order valence-electron chi connectivity index (χ4n) is 4.37. The highest BCUT2D eigenvalue weighted by Crippen LogP contribution is 2.42. The van der Waals surface area contributed by atoms with Gasteiger partial charge >= 0.3 is 0 Å². The molecule has 2 fully saturated rings. The Balaban J connectivity index is 1.26. The highest BCUT2D eigenvalue weighted by molar-refractivity contribution is 5.93. The number of rotatable bonds is 6. The van der Waals surface area contributed by atoms with Crippen molar-refractivity contribution in [1.29, 1.82) is 0 Å². The van der Waals surface area contributed by atoms with Crippen LogP contribution in [-0.2, 0) is 18.3 Å². The minimum Gasteiger partial charge on any atom is -0.372 e. The van der Waals surface area contributed by atoms with Crippen LogP contribution in [0.2, 0.25) is 0 Å². The van der Waals surface area contributed by atoms with Crippen molar-refractivity contribution in [3.63, 3.8) is 0 Å². The molecule has 0 aliphatic carbocycles. The molecule has 7 nitrogen and oxygen atoms in total. The highest BCUT2D eigenvalue weighted by Gasteiger charge is 2.52. The average molecular weight is 369 g/mol. The van der Waals surface area contributed by atoms with Crippen LogP contribution in [0.5, 0.6) is 0 Å². The first-order chi connectivity index (χ1) is 13.1. The smallest absolute Gasteiger partial charge is 0.252 e. The summed E-state index contributed by atoms with van der Waals surface area (Å²) in [6.07, 6.45) is 5.29. The van der Waals surface area contributed by atoms with E-state index in [9.17, 15) is 4.79 Å². The van der Waals surface area contributed by atoms with Gasteiger partial charge in [-0.05, 0) is 43.9 Å². The monoisotopic (exact) mass is 369 g/mol. The Morgan fingerprint density at radius 2 is 2.30 bits per heavy atom. The Morgan fingerprint density at radius 3 is 3.00 bits per heavy atom. The highest BCUT2D eigenvalue weighted by atomic mass is 16.5. The molecule has 2 aromatic rings. The van der Waals surface area contributed by atoms with E-state index in [-0.39, 0.29) is 11.5 Å². The molecule has 1 amide bonds. The van der Waals surface area contributed by atoms with Gasteiger partial charge in [-0.15, -0.1) is 0 Å². The molecule has 4 heterocycles. The molecule has 1 atom stereocenters. The van der Waals surface area contributed by atoms with Crippen molar-refractivity contribution in [3.8, 4) is 0 Å². The maximum absolute atomic E-state index is 12.2. The van der Waals surface area contributed by atoms with Gasteiger partial charge in [-0.3, -0.25) is 19.4 Å². The van der Waals surface area contributed by atoms with E-state index in [1.165, 1.54) is 5.69 Å². The molecule has 27 heavy (non-hydrogen) atoms. The standard InChI is InChI=1S/C20H27N5O2/c1-15-10-18(24(2)23-15)12-25-13-20(14-25)17(6-9-27-20)5-8-22-19(26)16-4-3-7-21-11-16/h3-4,7,10-11,17H,5-6,8-9,12-14H2,1-2H3,(H,22,26)/t17-/m1/s1. The van der Waals surface area contributed by atoms with Gasteiger partial charge in [0.2, 0.25) is 0 Å². The first kappa shape index (κ1) is 18.1. The number of aryl methyl sites for hydroxylation is 2. The third kappa shape index (κ3) is 3.75. The van der Waals surface area contributed by atoms with E-state index < -0.39 is 0 Å². The van der Waals surface area contributed by atoms with Crippen LogP contribution in [-0.4, -0.2) is 57.4 Å². The number of ether oxygens (including phenoxy) is 1. The summed E-state index contributed by atoms with van der Waals surface area (Å²) < 4.78 is 8.11. The lowest BCUT2D eigenvalue weighted by atomic mass is 9.79. The second kappa shape index (κ2) is 7.40. The molecule has 1 spiro atoms. The van der Waals surface area contributed by atoms with Gasteiger partial charge < -0.3 is 10.1 Å². The van der Waals surface area contributed by atoms with Gasteiger partial charge in [-0.25, -0.2) is 0 Å².